The third kappa shape index (κ3) is 5.17. The Morgan fingerprint density at radius 3 is 2.37 bits per heavy atom. The molecule has 1 heterocycles. The molecule has 0 spiro atoms. The van der Waals surface area contributed by atoms with Crippen LogP contribution in [-0.4, -0.2) is 47.1 Å². The van der Waals surface area contributed by atoms with E-state index in [0.717, 1.165) is 11.4 Å². The first-order chi connectivity index (χ1) is 14.1. The van der Waals surface area contributed by atoms with Crippen LogP contribution in [0.1, 0.15) is 64.9 Å². The van der Waals surface area contributed by atoms with Crippen molar-refractivity contribution in [1.29, 1.82) is 0 Å². The molecule has 6 heteroatoms. The van der Waals surface area contributed by atoms with Gasteiger partial charge in [0.1, 0.15) is 6.04 Å². The highest BCUT2D eigenvalue weighted by atomic mass is 35.5. The van der Waals surface area contributed by atoms with Crippen LogP contribution >= 0.6 is 11.6 Å². The molecule has 1 aromatic rings. The number of aliphatic hydroxyl groups is 1. The van der Waals surface area contributed by atoms with E-state index in [2.05, 4.69) is 31.3 Å². The van der Waals surface area contributed by atoms with Gasteiger partial charge in [-0.1, -0.05) is 51.4 Å². The van der Waals surface area contributed by atoms with E-state index in [4.69, 9.17) is 11.6 Å². The molecule has 1 aliphatic heterocycles. The van der Waals surface area contributed by atoms with E-state index in [9.17, 15) is 14.7 Å². The third-order valence-corrected chi connectivity index (χ3v) is 7.07. The zero-order valence-corrected chi connectivity index (χ0v) is 19.3. The van der Waals surface area contributed by atoms with Gasteiger partial charge < -0.3 is 15.3 Å². The highest BCUT2D eigenvalue weighted by molar-refractivity contribution is 6.30. The van der Waals surface area contributed by atoms with Crippen LogP contribution in [0.25, 0.3) is 0 Å². The van der Waals surface area contributed by atoms with Crippen LogP contribution in [0.2, 0.25) is 5.02 Å². The van der Waals surface area contributed by atoms with Crippen LogP contribution in [-0.2, 0) is 9.59 Å². The molecule has 1 unspecified atom stereocenters. The maximum absolute atomic E-state index is 13.4. The molecule has 5 nitrogen and oxygen atoms in total. The molecule has 2 N–H and O–H groups in total. The summed E-state index contributed by atoms with van der Waals surface area (Å²) < 4.78 is 0. The van der Waals surface area contributed by atoms with Crippen molar-refractivity contribution in [2.24, 2.45) is 17.3 Å². The Balaban J connectivity index is 1.67. The minimum absolute atomic E-state index is 0.000438. The average molecular weight is 435 g/mol. The summed E-state index contributed by atoms with van der Waals surface area (Å²) in [5.74, 6) is 0.0605. The summed E-state index contributed by atoms with van der Waals surface area (Å²) in [5, 5.41) is 13.5. The van der Waals surface area contributed by atoms with E-state index < -0.39 is 12.1 Å². The fraction of sp³-hybridized carbons (Fsp3) is 0.667. The van der Waals surface area contributed by atoms with Crippen LogP contribution in [0.5, 0.6) is 0 Å². The number of hydrogen-bond acceptors (Lipinski definition) is 3. The van der Waals surface area contributed by atoms with Crippen molar-refractivity contribution in [2.75, 3.05) is 13.1 Å². The van der Waals surface area contributed by atoms with Crippen molar-refractivity contribution in [3.05, 3.63) is 34.9 Å². The van der Waals surface area contributed by atoms with E-state index in [1.165, 1.54) is 5.56 Å². The average Bonchev–Trinajstić information content (AvgIpc) is 3.12. The fourth-order valence-electron chi connectivity index (χ4n) is 5.04. The van der Waals surface area contributed by atoms with Crippen molar-refractivity contribution >= 4 is 23.4 Å². The number of carbonyl (C=O) groups excluding carboxylic acids is 2. The van der Waals surface area contributed by atoms with Crippen molar-refractivity contribution in [1.82, 2.24) is 10.2 Å². The van der Waals surface area contributed by atoms with Gasteiger partial charge in [0, 0.05) is 24.0 Å². The number of benzene rings is 1. The number of piperidine rings is 1. The summed E-state index contributed by atoms with van der Waals surface area (Å²) in [5.41, 5.74) is 1.17. The Morgan fingerprint density at radius 1 is 1.17 bits per heavy atom. The first kappa shape index (κ1) is 23.1. The second kappa shape index (κ2) is 9.27. The lowest BCUT2D eigenvalue weighted by Crippen LogP contribution is -2.56. The summed E-state index contributed by atoms with van der Waals surface area (Å²) in [7, 11) is 0. The molecular weight excluding hydrogens is 400 g/mol. The van der Waals surface area contributed by atoms with Crippen LogP contribution in [0, 0.1) is 17.3 Å². The SMILES string of the molecule is CC(C)[C@@H](NC(=O)[C@@H]1CC[C@@H](O)C1)C(=O)N1CCC(c2ccc(Cl)cc2)C(C)(C)C1. The normalized spacial score (nSPS) is 27.2. The zero-order chi connectivity index (χ0) is 22.1. The summed E-state index contributed by atoms with van der Waals surface area (Å²) in [4.78, 5) is 28.0. The van der Waals surface area contributed by atoms with Gasteiger partial charge in [-0.05, 0) is 60.6 Å². The number of nitrogens with one attached hydrogen (secondary N) is 1. The molecule has 1 aliphatic carbocycles. The van der Waals surface area contributed by atoms with Crippen molar-refractivity contribution < 1.29 is 14.7 Å². The predicted octanol–water partition coefficient (Wildman–Crippen LogP) is 3.98. The van der Waals surface area contributed by atoms with Gasteiger partial charge in [0.2, 0.25) is 11.8 Å². The van der Waals surface area contributed by atoms with Crippen molar-refractivity contribution in [3.63, 3.8) is 0 Å². The molecule has 2 fully saturated rings. The Bertz CT molecular complexity index is 762. The number of carbonyl (C=O) groups is 2. The maximum atomic E-state index is 13.4. The molecule has 1 saturated carbocycles. The summed E-state index contributed by atoms with van der Waals surface area (Å²) in [6.07, 6.45) is 2.32. The van der Waals surface area contributed by atoms with Crippen molar-refractivity contribution in [3.8, 4) is 0 Å². The van der Waals surface area contributed by atoms with Gasteiger partial charge in [-0.15, -0.1) is 0 Å². The number of aliphatic hydroxyl groups excluding tert-OH is 1. The lowest BCUT2D eigenvalue weighted by Gasteiger charge is -2.46. The van der Waals surface area contributed by atoms with Gasteiger partial charge in [-0.3, -0.25) is 9.59 Å². The van der Waals surface area contributed by atoms with Gasteiger partial charge in [0.25, 0.3) is 0 Å². The smallest absolute Gasteiger partial charge is 0.245 e. The largest absolute Gasteiger partial charge is 0.393 e. The minimum atomic E-state index is -0.530. The third-order valence-electron chi connectivity index (χ3n) is 6.82. The molecule has 2 aliphatic rings. The molecule has 3 rings (SSSR count). The zero-order valence-electron chi connectivity index (χ0n) is 18.5. The number of hydrogen-bond donors (Lipinski definition) is 2. The topological polar surface area (TPSA) is 69.6 Å². The van der Waals surface area contributed by atoms with Gasteiger partial charge in [-0.2, -0.15) is 0 Å². The Labute approximate surface area is 185 Å². The van der Waals surface area contributed by atoms with E-state index in [1.807, 2.05) is 30.9 Å². The monoisotopic (exact) mass is 434 g/mol. The van der Waals surface area contributed by atoms with E-state index >= 15 is 0 Å². The van der Waals surface area contributed by atoms with Gasteiger partial charge >= 0.3 is 0 Å². The van der Waals surface area contributed by atoms with Gasteiger partial charge in [0.05, 0.1) is 6.10 Å². The number of halogens is 1. The predicted molar refractivity (Wildman–Crippen MR) is 119 cm³/mol. The molecule has 0 bridgehead atoms. The second-order valence-corrected chi connectivity index (χ2v) is 10.5. The van der Waals surface area contributed by atoms with E-state index in [1.54, 1.807) is 0 Å². The quantitative estimate of drug-likeness (QED) is 0.736. The minimum Gasteiger partial charge on any atom is -0.393 e. The van der Waals surface area contributed by atoms with E-state index in [-0.39, 0.29) is 29.1 Å². The van der Waals surface area contributed by atoms with E-state index in [0.29, 0.717) is 38.3 Å². The molecule has 1 aromatic carbocycles. The fourth-order valence-corrected chi connectivity index (χ4v) is 5.16. The Morgan fingerprint density at radius 2 is 1.83 bits per heavy atom. The van der Waals surface area contributed by atoms with Crippen LogP contribution < -0.4 is 5.32 Å². The summed E-state index contributed by atoms with van der Waals surface area (Å²) >= 11 is 6.05. The number of rotatable bonds is 5. The molecule has 166 valence electrons. The van der Waals surface area contributed by atoms with Crippen LogP contribution in [0.15, 0.2) is 24.3 Å². The molecule has 0 aromatic heterocycles. The Hall–Kier alpha value is -1.59. The van der Waals surface area contributed by atoms with Crippen LogP contribution in [0.3, 0.4) is 0 Å². The lowest BCUT2D eigenvalue weighted by atomic mass is 9.70. The molecule has 0 radical (unpaired) electrons. The number of nitrogens with zero attached hydrogens (tertiary/aromatic N) is 1. The van der Waals surface area contributed by atoms with Crippen molar-refractivity contribution in [2.45, 2.75) is 71.4 Å². The summed E-state index contributed by atoms with van der Waals surface area (Å²) in [6.45, 7) is 9.68. The highest BCUT2D eigenvalue weighted by Crippen LogP contribution is 2.42. The molecule has 30 heavy (non-hydrogen) atoms. The van der Waals surface area contributed by atoms with Gasteiger partial charge in [0.15, 0.2) is 0 Å². The standard InChI is InChI=1S/C24H35ClN2O3/c1-15(2)21(26-22(29)17-7-10-19(28)13-17)23(30)27-12-11-20(24(3,4)14-27)16-5-8-18(25)9-6-16/h5-6,8-9,15,17,19-21,28H,7,10-14H2,1-4H3,(H,26,29)/t17-,19-,20?,21-/m1/s1. The highest BCUT2D eigenvalue weighted by Gasteiger charge is 2.41. The molecule has 1 saturated heterocycles. The van der Waals surface area contributed by atoms with Crippen LogP contribution in [0.4, 0.5) is 0 Å². The maximum Gasteiger partial charge on any atom is 0.245 e. The first-order valence-electron chi connectivity index (χ1n) is 11.1. The second-order valence-electron chi connectivity index (χ2n) is 10.0. The molecule has 4 atom stereocenters. The number of likely N-dealkylation sites (tertiary alicyclic amines) is 1. The van der Waals surface area contributed by atoms with Gasteiger partial charge in [-0.25, -0.2) is 0 Å². The summed E-state index contributed by atoms with van der Waals surface area (Å²) in [6, 6.07) is 7.49. The molecule has 2 amide bonds. The first-order valence-corrected chi connectivity index (χ1v) is 11.5. The molecular formula is C24H35ClN2O3. The number of amides is 2. The Kier molecular flexibility index (Phi) is 7.13. The lowest BCUT2D eigenvalue weighted by molar-refractivity contribution is -0.141.